The van der Waals surface area contributed by atoms with Crippen molar-refractivity contribution in [2.24, 2.45) is 0 Å². The van der Waals surface area contributed by atoms with Crippen molar-refractivity contribution < 1.29 is 5.11 Å². The van der Waals surface area contributed by atoms with Crippen molar-refractivity contribution in [2.75, 3.05) is 18.5 Å². The van der Waals surface area contributed by atoms with Crippen LogP contribution in [0.4, 0.5) is 5.82 Å². The van der Waals surface area contributed by atoms with Gasteiger partial charge in [-0.05, 0) is 0 Å². The first-order valence-corrected chi connectivity index (χ1v) is 4.73. The Labute approximate surface area is 88.5 Å². The predicted octanol–water partition coefficient (Wildman–Crippen LogP) is 1.14. The summed E-state index contributed by atoms with van der Waals surface area (Å²) in [5.41, 5.74) is 0. The van der Waals surface area contributed by atoms with Crippen molar-refractivity contribution in [1.29, 1.82) is 0 Å². The summed E-state index contributed by atoms with van der Waals surface area (Å²) >= 11 is 7.64. The quantitative estimate of drug-likeness (QED) is 0.499. The molecule has 1 rings (SSSR count). The fraction of sp³-hybridized carbons (Fsp3) is 0.333. The number of rotatable bonds is 3. The van der Waals surface area contributed by atoms with Crippen LogP contribution in [-0.4, -0.2) is 28.2 Å². The van der Waals surface area contributed by atoms with E-state index in [1.165, 1.54) is 0 Å². The van der Waals surface area contributed by atoms with E-state index in [2.05, 4.69) is 15.3 Å². The van der Waals surface area contributed by atoms with Crippen LogP contribution in [0.5, 0.6) is 0 Å². The first-order valence-electron chi connectivity index (χ1n) is 3.27. The number of aliphatic hydroxyl groups is 1. The smallest absolute Gasteiger partial charge is 0.194 e. The Bertz CT molecular complexity index is 251. The second-order valence-corrected chi connectivity index (χ2v) is 3.35. The predicted molar refractivity (Wildman–Crippen MR) is 55.3 cm³/mol. The standard InChI is InChI=1S/C6H7ClIN3O/c7-4-3-5(9-1-2-12)11-6(8)10-4/h3,12H,1-2H2,(H,9,10,11). The van der Waals surface area contributed by atoms with Crippen molar-refractivity contribution in [3.05, 3.63) is 15.1 Å². The molecule has 0 aliphatic heterocycles. The third-order valence-corrected chi connectivity index (χ3v) is 1.76. The maximum atomic E-state index is 8.53. The molecule has 4 nitrogen and oxygen atoms in total. The first-order chi connectivity index (χ1) is 5.72. The molecule has 0 amide bonds. The summed E-state index contributed by atoms with van der Waals surface area (Å²) in [5, 5.41) is 11.8. The fourth-order valence-electron chi connectivity index (χ4n) is 0.664. The molecular weight excluding hydrogens is 292 g/mol. The van der Waals surface area contributed by atoms with Gasteiger partial charge in [-0.25, -0.2) is 9.97 Å². The van der Waals surface area contributed by atoms with Gasteiger partial charge in [-0.2, -0.15) is 0 Å². The highest BCUT2D eigenvalue weighted by Crippen LogP contribution is 2.11. The Morgan fingerprint density at radius 3 is 2.92 bits per heavy atom. The zero-order chi connectivity index (χ0) is 8.97. The fourth-order valence-corrected chi connectivity index (χ4v) is 1.51. The van der Waals surface area contributed by atoms with E-state index in [0.717, 1.165) is 0 Å². The molecule has 0 aliphatic carbocycles. The molecule has 1 aromatic heterocycles. The van der Waals surface area contributed by atoms with Gasteiger partial charge in [0.1, 0.15) is 11.0 Å². The van der Waals surface area contributed by atoms with Crippen LogP contribution < -0.4 is 5.32 Å². The highest BCUT2D eigenvalue weighted by molar-refractivity contribution is 14.1. The van der Waals surface area contributed by atoms with Gasteiger partial charge in [0.2, 0.25) is 0 Å². The van der Waals surface area contributed by atoms with Gasteiger partial charge in [0, 0.05) is 35.2 Å². The van der Waals surface area contributed by atoms with Gasteiger partial charge in [-0.15, -0.1) is 0 Å². The number of aliphatic hydroxyl groups excluding tert-OH is 1. The normalized spacial score (nSPS) is 9.92. The van der Waals surface area contributed by atoms with E-state index < -0.39 is 0 Å². The molecule has 0 aliphatic rings. The highest BCUT2D eigenvalue weighted by Gasteiger charge is 1.98. The SMILES string of the molecule is OCCNc1cc(Cl)nc(I)n1. The van der Waals surface area contributed by atoms with E-state index in [0.29, 0.717) is 21.3 Å². The topological polar surface area (TPSA) is 58.0 Å². The molecule has 0 unspecified atom stereocenters. The summed E-state index contributed by atoms with van der Waals surface area (Å²) < 4.78 is 0.584. The molecule has 0 bridgehead atoms. The van der Waals surface area contributed by atoms with Gasteiger partial charge < -0.3 is 10.4 Å². The molecule has 2 N–H and O–H groups in total. The van der Waals surface area contributed by atoms with Gasteiger partial charge in [0.25, 0.3) is 0 Å². The van der Waals surface area contributed by atoms with Gasteiger partial charge in [0.05, 0.1) is 6.61 Å². The molecule has 0 fully saturated rings. The van der Waals surface area contributed by atoms with E-state index in [9.17, 15) is 0 Å². The van der Waals surface area contributed by atoms with Crippen LogP contribution >= 0.6 is 34.2 Å². The van der Waals surface area contributed by atoms with E-state index >= 15 is 0 Å². The van der Waals surface area contributed by atoms with E-state index in [4.69, 9.17) is 16.7 Å². The largest absolute Gasteiger partial charge is 0.395 e. The maximum Gasteiger partial charge on any atom is 0.194 e. The minimum absolute atomic E-state index is 0.0677. The number of halogens is 2. The molecule has 12 heavy (non-hydrogen) atoms. The van der Waals surface area contributed by atoms with Crippen molar-refractivity contribution in [1.82, 2.24) is 9.97 Å². The molecule has 66 valence electrons. The van der Waals surface area contributed by atoms with Crippen molar-refractivity contribution in [3.63, 3.8) is 0 Å². The Balaban J connectivity index is 2.72. The van der Waals surface area contributed by atoms with Crippen LogP contribution in [0.15, 0.2) is 6.07 Å². The first kappa shape index (κ1) is 9.94. The van der Waals surface area contributed by atoms with Gasteiger partial charge >= 0.3 is 0 Å². The highest BCUT2D eigenvalue weighted by atomic mass is 127. The maximum absolute atomic E-state index is 8.53. The molecule has 6 heteroatoms. The zero-order valence-electron chi connectivity index (χ0n) is 6.09. The lowest BCUT2D eigenvalue weighted by atomic mass is 10.5. The Kier molecular flexibility index (Phi) is 3.96. The van der Waals surface area contributed by atoms with Gasteiger partial charge in [-0.1, -0.05) is 11.6 Å². The van der Waals surface area contributed by atoms with Crippen molar-refractivity contribution in [3.8, 4) is 0 Å². The average Bonchev–Trinajstić information content (AvgIpc) is 1.99. The summed E-state index contributed by atoms with van der Waals surface area (Å²) in [6, 6.07) is 1.61. The number of nitrogens with one attached hydrogen (secondary N) is 1. The number of anilines is 1. The van der Waals surface area contributed by atoms with Gasteiger partial charge in [0.15, 0.2) is 3.83 Å². The van der Waals surface area contributed by atoms with Gasteiger partial charge in [-0.3, -0.25) is 0 Å². The molecule has 1 aromatic rings. The summed E-state index contributed by atoms with van der Waals surface area (Å²) in [5.74, 6) is 0.633. The summed E-state index contributed by atoms with van der Waals surface area (Å²) in [6.45, 7) is 0.529. The van der Waals surface area contributed by atoms with Crippen LogP contribution in [0.3, 0.4) is 0 Å². The van der Waals surface area contributed by atoms with Crippen LogP contribution in [-0.2, 0) is 0 Å². The lowest BCUT2D eigenvalue weighted by molar-refractivity contribution is 0.311. The third-order valence-electron chi connectivity index (χ3n) is 1.09. The molecule has 1 heterocycles. The van der Waals surface area contributed by atoms with Crippen LogP contribution in [0.2, 0.25) is 5.15 Å². The molecule has 0 saturated heterocycles. The summed E-state index contributed by atoms with van der Waals surface area (Å²) in [7, 11) is 0. The zero-order valence-corrected chi connectivity index (χ0v) is 9.00. The minimum atomic E-state index is 0.0677. The average molecular weight is 299 g/mol. The monoisotopic (exact) mass is 299 g/mol. The van der Waals surface area contributed by atoms with Crippen molar-refractivity contribution >= 4 is 40.0 Å². The van der Waals surface area contributed by atoms with Crippen LogP contribution in [0.1, 0.15) is 0 Å². The number of hydrogen-bond donors (Lipinski definition) is 2. The van der Waals surface area contributed by atoms with E-state index in [1.807, 2.05) is 22.6 Å². The third kappa shape index (κ3) is 3.08. The van der Waals surface area contributed by atoms with Crippen LogP contribution in [0.25, 0.3) is 0 Å². The lowest BCUT2D eigenvalue weighted by Crippen LogP contribution is -2.07. The minimum Gasteiger partial charge on any atom is -0.395 e. The molecular formula is C6H7ClIN3O. The number of nitrogens with zero attached hydrogens (tertiary/aromatic N) is 2. The number of aromatic nitrogens is 2. The molecule has 0 atom stereocenters. The Morgan fingerprint density at radius 2 is 2.33 bits per heavy atom. The van der Waals surface area contributed by atoms with Crippen molar-refractivity contribution in [2.45, 2.75) is 0 Å². The Hall–Kier alpha value is -0.140. The van der Waals surface area contributed by atoms with E-state index in [-0.39, 0.29) is 6.61 Å². The number of hydrogen-bond acceptors (Lipinski definition) is 4. The second kappa shape index (κ2) is 4.78. The Morgan fingerprint density at radius 1 is 1.58 bits per heavy atom. The molecule has 0 saturated carbocycles. The molecule has 0 aromatic carbocycles. The molecule has 0 spiro atoms. The summed E-state index contributed by atoms with van der Waals surface area (Å²) in [6.07, 6.45) is 0. The summed E-state index contributed by atoms with van der Waals surface area (Å²) in [4.78, 5) is 7.92. The van der Waals surface area contributed by atoms with E-state index in [1.54, 1.807) is 6.07 Å². The second-order valence-electron chi connectivity index (χ2n) is 2.00. The lowest BCUT2D eigenvalue weighted by Gasteiger charge is -2.02. The molecule has 0 radical (unpaired) electrons. The van der Waals surface area contributed by atoms with Crippen LogP contribution in [0, 0.1) is 3.83 Å².